The number of nitrogens with zero attached hydrogens (tertiary/aromatic N) is 3. The van der Waals surface area contributed by atoms with Crippen LogP contribution in [0.1, 0.15) is 26.3 Å². The molecular formula is C18H25N5O3. The highest BCUT2D eigenvalue weighted by molar-refractivity contribution is 6.00. The summed E-state index contributed by atoms with van der Waals surface area (Å²) in [5.74, 6) is -0.434. The minimum atomic E-state index is -0.704. The van der Waals surface area contributed by atoms with Gasteiger partial charge in [0.15, 0.2) is 0 Å². The second kappa shape index (κ2) is 9.00. The first-order valence-electron chi connectivity index (χ1n) is 8.63. The molecule has 2 aromatic rings. The van der Waals surface area contributed by atoms with Gasteiger partial charge in [0.1, 0.15) is 5.56 Å². The normalized spacial score (nSPS) is 11.8. The Balaban J connectivity index is 2.30. The van der Waals surface area contributed by atoms with Gasteiger partial charge < -0.3 is 15.4 Å². The Labute approximate surface area is 151 Å². The molecule has 0 saturated carbocycles. The molecule has 0 bridgehead atoms. The third-order valence-corrected chi connectivity index (χ3v) is 4.14. The Morgan fingerprint density at radius 2 is 1.88 bits per heavy atom. The van der Waals surface area contributed by atoms with Gasteiger partial charge in [-0.2, -0.15) is 5.10 Å². The monoisotopic (exact) mass is 359 g/mol. The van der Waals surface area contributed by atoms with E-state index >= 15 is 0 Å². The summed E-state index contributed by atoms with van der Waals surface area (Å²) in [4.78, 5) is 28.8. The molecule has 0 fully saturated rings. The molecule has 0 spiro atoms. The number of benzene rings is 1. The Bertz CT molecular complexity index is 867. The van der Waals surface area contributed by atoms with Gasteiger partial charge in [0.2, 0.25) is 5.88 Å². The molecule has 0 aliphatic carbocycles. The first-order chi connectivity index (χ1) is 12.5. The van der Waals surface area contributed by atoms with Crippen LogP contribution in [-0.4, -0.2) is 51.4 Å². The number of likely N-dealkylation sites (N-methyl/N-ethyl adjacent to an activating group) is 1. The molecule has 2 rings (SSSR count). The maximum Gasteiger partial charge on any atom is 0.335 e. The number of H-pyrrole nitrogens is 1. The van der Waals surface area contributed by atoms with Gasteiger partial charge in [-0.15, -0.1) is 0 Å². The van der Waals surface area contributed by atoms with Crippen LogP contribution in [0.2, 0.25) is 0 Å². The third kappa shape index (κ3) is 4.40. The molecule has 0 aliphatic heterocycles. The number of hydrazone groups is 1. The number of nitrogens with one attached hydrogen (secondary N) is 2. The largest absolute Gasteiger partial charge is 0.493 e. The van der Waals surface area contributed by atoms with Gasteiger partial charge in [0.05, 0.1) is 11.4 Å². The fourth-order valence-electron chi connectivity index (χ4n) is 2.65. The summed E-state index contributed by atoms with van der Waals surface area (Å²) in [6.07, 6.45) is 0. The lowest BCUT2D eigenvalue weighted by Crippen LogP contribution is -2.33. The van der Waals surface area contributed by atoms with Crippen molar-refractivity contribution in [3.8, 4) is 11.6 Å². The molecule has 8 nitrogen and oxygen atoms in total. The molecule has 0 saturated heterocycles. The van der Waals surface area contributed by atoms with E-state index < -0.39 is 17.1 Å². The lowest BCUT2D eigenvalue weighted by atomic mass is 10.2. The van der Waals surface area contributed by atoms with Gasteiger partial charge in [-0.1, -0.05) is 32.0 Å². The number of aromatic nitrogens is 2. The topological polar surface area (TPSA) is 103 Å². The fraction of sp³-hybridized carbons (Fsp3) is 0.389. The van der Waals surface area contributed by atoms with Crippen LogP contribution in [0.25, 0.3) is 5.69 Å². The van der Waals surface area contributed by atoms with Crippen LogP contribution >= 0.6 is 0 Å². The molecule has 0 radical (unpaired) electrons. The number of rotatable bonds is 8. The van der Waals surface area contributed by atoms with Crippen molar-refractivity contribution in [2.24, 2.45) is 5.10 Å². The van der Waals surface area contributed by atoms with Crippen molar-refractivity contribution in [2.75, 3.05) is 26.2 Å². The summed E-state index contributed by atoms with van der Waals surface area (Å²) in [6.45, 7) is 9.09. The molecule has 0 aliphatic rings. The zero-order valence-electron chi connectivity index (χ0n) is 15.3. The predicted molar refractivity (Wildman–Crippen MR) is 102 cm³/mol. The third-order valence-electron chi connectivity index (χ3n) is 4.14. The number of para-hydroxylation sites is 1. The zero-order chi connectivity index (χ0) is 19.1. The summed E-state index contributed by atoms with van der Waals surface area (Å²) in [7, 11) is 0. The van der Waals surface area contributed by atoms with Crippen LogP contribution in [0.3, 0.4) is 0 Å². The van der Waals surface area contributed by atoms with Gasteiger partial charge in [0, 0.05) is 13.1 Å². The summed E-state index contributed by atoms with van der Waals surface area (Å²) in [5.41, 5.74) is 2.24. The summed E-state index contributed by atoms with van der Waals surface area (Å²) < 4.78 is 1.05. The van der Waals surface area contributed by atoms with E-state index in [0.29, 0.717) is 17.9 Å². The molecule has 0 atom stereocenters. The van der Waals surface area contributed by atoms with Gasteiger partial charge in [-0.05, 0) is 32.1 Å². The summed E-state index contributed by atoms with van der Waals surface area (Å²) in [5, 5.41) is 14.7. The predicted octanol–water partition coefficient (Wildman–Crippen LogP) is 0.887. The molecule has 1 aromatic heterocycles. The standard InChI is InChI=1S/C18H25N5O3/c1-4-22(5-2)12-11-19-21-13(3)15-16(24)20-18(26)23(17(15)25)14-9-7-6-8-10-14/h6-10,19,25H,4-5,11-12H2,1-3H3,(H,20,24,26)/b21-13+. The molecule has 140 valence electrons. The van der Waals surface area contributed by atoms with Crippen LogP contribution in [0, 0.1) is 0 Å². The summed E-state index contributed by atoms with van der Waals surface area (Å²) in [6, 6.07) is 8.60. The molecule has 1 heterocycles. The molecule has 8 heteroatoms. The first-order valence-corrected chi connectivity index (χ1v) is 8.63. The van der Waals surface area contributed by atoms with Crippen molar-refractivity contribution in [2.45, 2.75) is 20.8 Å². The lowest BCUT2D eigenvalue weighted by Gasteiger charge is -2.17. The van der Waals surface area contributed by atoms with Crippen molar-refractivity contribution in [1.82, 2.24) is 19.9 Å². The highest BCUT2D eigenvalue weighted by atomic mass is 16.3. The van der Waals surface area contributed by atoms with Crippen molar-refractivity contribution in [3.05, 3.63) is 56.7 Å². The minimum absolute atomic E-state index is 0.0382. The Morgan fingerprint density at radius 1 is 1.23 bits per heavy atom. The van der Waals surface area contributed by atoms with Crippen LogP contribution in [0.15, 0.2) is 45.0 Å². The average molecular weight is 359 g/mol. The number of aromatic amines is 1. The molecule has 3 N–H and O–H groups in total. The van der Waals surface area contributed by atoms with Gasteiger partial charge >= 0.3 is 5.69 Å². The van der Waals surface area contributed by atoms with E-state index in [4.69, 9.17) is 0 Å². The van der Waals surface area contributed by atoms with E-state index in [2.05, 4.69) is 34.3 Å². The zero-order valence-corrected chi connectivity index (χ0v) is 15.3. The first kappa shape index (κ1) is 19.5. The minimum Gasteiger partial charge on any atom is -0.493 e. The number of aromatic hydroxyl groups is 1. The quantitative estimate of drug-likeness (QED) is 0.369. The SMILES string of the molecule is CCN(CC)CCN/N=C(\C)c1c(O)n(-c2ccccc2)c(=O)[nH]c1=O. The molecular weight excluding hydrogens is 334 g/mol. The fourth-order valence-corrected chi connectivity index (χ4v) is 2.65. The average Bonchev–Trinajstić information content (AvgIpc) is 2.62. The van der Waals surface area contributed by atoms with Crippen LogP contribution < -0.4 is 16.7 Å². The van der Waals surface area contributed by atoms with Gasteiger partial charge in [-0.25, -0.2) is 9.36 Å². The second-order valence-electron chi connectivity index (χ2n) is 5.76. The van der Waals surface area contributed by atoms with Crippen molar-refractivity contribution in [3.63, 3.8) is 0 Å². The Kier molecular flexibility index (Phi) is 6.74. The van der Waals surface area contributed by atoms with Crippen LogP contribution in [0.4, 0.5) is 0 Å². The second-order valence-corrected chi connectivity index (χ2v) is 5.76. The number of hydrogen-bond acceptors (Lipinski definition) is 6. The summed E-state index contributed by atoms with van der Waals surface area (Å²) >= 11 is 0. The van der Waals surface area contributed by atoms with Gasteiger partial charge in [-0.3, -0.25) is 9.78 Å². The van der Waals surface area contributed by atoms with Crippen LogP contribution in [0.5, 0.6) is 5.88 Å². The van der Waals surface area contributed by atoms with E-state index in [9.17, 15) is 14.7 Å². The molecule has 1 aromatic carbocycles. The maximum absolute atomic E-state index is 12.2. The van der Waals surface area contributed by atoms with Crippen LogP contribution in [-0.2, 0) is 0 Å². The van der Waals surface area contributed by atoms with Gasteiger partial charge in [0.25, 0.3) is 5.56 Å². The van der Waals surface area contributed by atoms with Crippen molar-refractivity contribution in [1.29, 1.82) is 0 Å². The smallest absolute Gasteiger partial charge is 0.335 e. The highest BCUT2D eigenvalue weighted by Crippen LogP contribution is 2.16. The van der Waals surface area contributed by atoms with E-state index in [0.717, 1.165) is 24.2 Å². The molecule has 26 heavy (non-hydrogen) atoms. The molecule has 0 unspecified atom stereocenters. The Hall–Kier alpha value is -2.87. The Morgan fingerprint density at radius 3 is 2.50 bits per heavy atom. The van der Waals surface area contributed by atoms with E-state index in [1.807, 2.05) is 0 Å². The lowest BCUT2D eigenvalue weighted by molar-refractivity contribution is 0.303. The van der Waals surface area contributed by atoms with E-state index in [-0.39, 0.29) is 5.56 Å². The molecule has 0 amide bonds. The van der Waals surface area contributed by atoms with E-state index in [1.54, 1.807) is 37.3 Å². The van der Waals surface area contributed by atoms with Crippen molar-refractivity contribution < 1.29 is 5.11 Å². The highest BCUT2D eigenvalue weighted by Gasteiger charge is 2.17. The maximum atomic E-state index is 12.2. The number of hydrogen-bond donors (Lipinski definition) is 3. The van der Waals surface area contributed by atoms with E-state index in [1.165, 1.54) is 0 Å². The van der Waals surface area contributed by atoms with Crippen molar-refractivity contribution >= 4 is 5.71 Å².